The minimum atomic E-state index is -0.122. The van der Waals surface area contributed by atoms with Crippen molar-refractivity contribution in [3.05, 3.63) is 11.1 Å². The molecule has 0 amide bonds. The summed E-state index contributed by atoms with van der Waals surface area (Å²) >= 11 is 0. The zero-order chi connectivity index (χ0) is 12.6. The summed E-state index contributed by atoms with van der Waals surface area (Å²) in [4.78, 5) is 12.1. The molecule has 1 heteroatoms. The number of carbonyl (C=O) groups excluding carboxylic acids is 1. The van der Waals surface area contributed by atoms with Crippen LogP contribution in [0.2, 0.25) is 0 Å². The molecule has 0 fully saturated rings. The highest BCUT2D eigenvalue weighted by Crippen LogP contribution is 2.51. The Morgan fingerprint density at radius 2 is 1.82 bits per heavy atom. The summed E-state index contributed by atoms with van der Waals surface area (Å²) in [5.74, 6) is 1.34. The minimum absolute atomic E-state index is 0.122. The van der Waals surface area contributed by atoms with Crippen molar-refractivity contribution in [1.82, 2.24) is 0 Å². The lowest BCUT2D eigenvalue weighted by Crippen LogP contribution is -2.43. The molecule has 3 unspecified atom stereocenters. The van der Waals surface area contributed by atoms with Gasteiger partial charge < -0.3 is 0 Å². The van der Waals surface area contributed by atoms with E-state index >= 15 is 0 Å². The first-order chi connectivity index (χ1) is 7.98. The van der Waals surface area contributed by atoms with E-state index in [1.54, 1.807) is 18.1 Å². The molecule has 2 rings (SSSR count). The molecule has 0 saturated carbocycles. The molecule has 0 aromatic heterocycles. The van der Waals surface area contributed by atoms with Crippen molar-refractivity contribution < 1.29 is 4.79 Å². The van der Waals surface area contributed by atoms with Crippen LogP contribution in [0, 0.1) is 17.3 Å². The van der Waals surface area contributed by atoms with Crippen molar-refractivity contribution in [2.45, 2.75) is 66.2 Å². The van der Waals surface area contributed by atoms with E-state index in [1.807, 2.05) is 0 Å². The maximum absolute atomic E-state index is 12.1. The highest BCUT2D eigenvalue weighted by atomic mass is 16.1. The van der Waals surface area contributed by atoms with Gasteiger partial charge in [0.15, 0.2) is 0 Å². The summed E-state index contributed by atoms with van der Waals surface area (Å²) in [6.45, 7) is 8.54. The van der Waals surface area contributed by atoms with Gasteiger partial charge in [-0.05, 0) is 50.9 Å². The molecule has 0 aliphatic heterocycles. The second-order valence-electron chi connectivity index (χ2n) is 6.36. The summed E-state index contributed by atoms with van der Waals surface area (Å²) in [6, 6.07) is 0. The summed E-state index contributed by atoms with van der Waals surface area (Å²) in [5.41, 5.74) is 3.21. The van der Waals surface area contributed by atoms with E-state index in [0.717, 1.165) is 6.42 Å². The molecule has 17 heavy (non-hydrogen) atoms. The Bertz CT molecular complexity index is 353. The second-order valence-corrected chi connectivity index (χ2v) is 6.36. The zero-order valence-corrected chi connectivity index (χ0v) is 11.8. The molecule has 2 aliphatic rings. The van der Waals surface area contributed by atoms with Gasteiger partial charge in [0.1, 0.15) is 5.78 Å². The van der Waals surface area contributed by atoms with Crippen molar-refractivity contribution in [3.63, 3.8) is 0 Å². The minimum Gasteiger partial charge on any atom is -0.299 e. The largest absolute Gasteiger partial charge is 0.299 e. The van der Waals surface area contributed by atoms with Gasteiger partial charge >= 0.3 is 0 Å². The lowest BCUT2D eigenvalue weighted by atomic mass is 9.58. The van der Waals surface area contributed by atoms with E-state index in [-0.39, 0.29) is 5.41 Å². The van der Waals surface area contributed by atoms with Crippen molar-refractivity contribution >= 4 is 5.78 Å². The predicted octanol–water partition coefficient (Wildman–Crippen LogP) is 4.52. The van der Waals surface area contributed by atoms with E-state index in [2.05, 4.69) is 20.8 Å². The molecule has 0 heterocycles. The maximum Gasteiger partial charge on any atom is 0.136 e. The fraction of sp³-hybridized carbons (Fsp3) is 0.812. The first kappa shape index (κ1) is 12.9. The third kappa shape index (κ3) is 1.98. The molecular formula is C16H26O. The van der Waals surface area contributed by atoms with Gasteiger partial charge in [-0.15, -0.1) is 0 Å². The van der Waals surface area contributed by atoms with E-state index in [9.17, 15) is 4.79 Å². The Labute approximate surface area is 106 Å². The molecule has 1 nitrogen and oxygen atoms in total. The van der Waals surface area contributed by atoms with E-state index in [4.69, 9.17) is 0 Å². The first-order valence-corrected chi connectivity index (χ1v) is 7.19. The van der Waals surface area contributed by atoms with Crippen LogP contribution in [-0.4, -0.2) is 5.78 Å². The van der Waals surface area contributed by atoms with Crippen LogP contribution in [0.15, 0.2) is 11.1 Å². The Kier molecular flexibility index (Phi) is 3.47. The summed E-state index contributed by atoms with van der Waals surface area (Å²) < 4.78 is 0. The number of rotatable bonds is 1. The highest BCUT2D eigenvalue weighted by Gasteiger charge is 2.46. The van der Waals surface area contributed by atoms with Crippen LogP contribution in [0.5, 0.6) is 0 Å². The molecule has 0 aromatic rings. The number of hydrogen-bond acceptors (Lipinski definition) is 1. The Morgan fingerprint density at radius 3 is 2.47 bits per heavy atom. The molecule has 96 valence electrons. The fourth-order valence-corrected chi connectivity index (χ4v) is 3.95. The topological polar surface area (TPSA) is 17.1 Å². The van der Waals surface area contributed by atoms with Crippen molar-refractivity contribution in [2.75, 3.05) is 0 Å². The van der Waals surface area contributed by atoms with Crippen LogP contribution in [0.25, 0.3) is 0 Å². The molecule has 0 bridgehead atoms. The van der Waals surface area contributed by atoms with E-state index in [0.29, 0.717) is 17.6 Å². The van der Waals surface area contributed by atoms with Crippen molar-refractivity contribution in [3.8, 4) is 0 Å². The summed E-state index contributed by atoms with van der Waals surface area (Å²) in [5, 5.41) is 0. The molecule has 0 N–H and O–H groups in total. The summed E-state index contributed by atoms with van der Waals surface area (Å²) in [6.07, 6.45) is 7.74. The Morgan fingerprint density at radius 1 is 1.18 bits per heavy atom. The SMILES string of the molecule is CC(=O)C1(C)C(C)CC2=C(CCCCC2)C1C. The standard InChI is InChI=1S/C16H26O/c1-11-10-14-8-6-5-7-9-15(14)12(2)16(11,4)13(3)17/h11-12H,5-10H2,1-4H3. The zero-order valence-electron chi connectivity index (χ0n) is 11.8. The van der Waals surface area contributed by atoms with Gasteiger partial charge in [-0.25, -0.2) is 0 Å². The molecule has 2 aliphatic carbocycles. The maximum atomic E-state index is 12.1. The number of carbonyl (C=O) groups is 1. The molecule has 0 radical (unpaired) electrons. The van der Waals surface area contributed by atoms with Gasteiger partial charge in [-0.2, -0.15) is 0 Å². The fourth-order valence-electron chi connectivity index (χ4n) is 3.95. The van der Waals surface area contributed by atoms with Crippen LogP contribution in [0.4, 0.5) is 0 Å². The average molecular weight is 234 g/mol. The van der Waals surface area contributed by atoms with Gasteiger partial charge in [0, 0.05) is 5.41 Å². The molecule has 0 saturated heterocycles. The number of hydrogen-bond donors (Lipinski definition) is 0. The van der Waals surface area contributed by atoms with Gasteiger partial charge in [-0.3, -0.25) is 4.79 Å². The molecule has 0 aromatic carbocycles. The Balaban J connectivity index is 2.38. The molecular weight excluding hydrogens is 208 g/mol. The van der Waals surface area contributed by atoms with Crippen LogP contribution in [0.3, 0.4) is 0 Å². The number of Topliss-reactive ketones (excluding diaryl/α,β-unsaturated/α-hetero) is 1. The van der Waals surface area contributed by atoms with Crippen LogP contribution in [-0.2, 0) is 4.79 Å². The Hall–Kier alpha value is -0.590. The quantitative estimate of drug-likeness (QED) is 0.610. The van der Waals surface area contributed by atoms with Crippen molar-refractivity contribution in [2.24, 2.45) is 17.3 Å². The summed E-state index contributed by atoms with van der Waals surface area (Å²) in [7, 11) is 0. The van der Waals surface area contributed by atoms with Gasteiger partial charge in [-0.1, -0.05) is 38.3 Å². The second kappa shape index (κ2) is 4.59. The lowest BCUT2D eigenvalue weighted by molar-refractivity contribution is -0.131. The number of ketones is 1. The van der Waals surface area contributed by atoms with Crippen molar-refractivity contribution in [1.29, 1.82) is 0 Å². The third-order valence-electron chi connectivity index (χ3n) is 5.64. The predicted molar refractivity (Wildman–Crippen MR) is 71.8 cm³/mol. The molecule has 0 spiro atoms. The third-order valence-corrected chi connectivity index (χ3v) is 5.64. The first-order valence-electron chi connectivity index (χ1n) is 7.19. The van der Waals surface area contributed by atoms with E-state index < -0.39 is 0 Å². The van der Waals surface area contributed by atoms with Crippen LogP contribution in [0.1, 0.15) is 66.2 Å². The lowest BCUT2D eigenvalue weighted by Gasteiger charge is -2.45. The number of allylic oxidation sites excluding steroid dienone is 2. The highest BCUT2D eigenvalue weighted by molar-refractivity contribution is 5.83. The normalized spacial score (nSPS) is 38.6. The monoisotopic (exact) mass is 234 g/mol. The van der Waals surface area contributed by atoms with Crippen LogP contribution < -0.4 is 0 Å². The smallest absolute Gasteiger partial charge is 0.136 e. The van der Waals surface area contributed by atoms with Gasteiger partial charge in [0.2, 0.25) is 0 Å². The van der Waals surface area contributed by atoms with Gasteiger partial charge in [0.25, 0.3) is 0 Å². The van der Waals surface area contributed by atoms with Crippen LogP contribution >= 0.6 is 0 Å². The van der Waals surface area contributed by atoms with Gasteiger partial charge in [0.05, 0.1) is 0 Å². The van der Waals surface area contributed by atoms with E-state index in [1.165, 1.54) is 32.1 Å². The average Bonchev–Trinajstić information content (AvgIpc) is 2.51. The molecule has 3 atom stereocenters.